The van der Waals surface area contributed by atoms with Crippen LogP contribution in [0.1, 0.15) is 27.0 Å². The van der Waals surface area contributed by atoms with E-state index in [1.54, 1.807) is 42.5 Å². The Morgan fingerprint density at radius 1 is 1.05 bits per heavy atom. The molecule has 37 heavy (non-hydrogen) atoms. The number of rotatable bonds is 6. The van der Waals surface area contributed by atoms with Crippen LogP contribution in [-0.4, -0.2) is 28.9 Å². The number of ether oxygens (including phenoxy) is 1. The van der Waals surface area contributed by atoms with Gasteiger partial charge in [0.2, 0.25) is 0 Å². The highest BCUT2D eigenvalue weighted by atomic mass is 127. The number of hydrogen-bond donors (Lipinski definition) is 2. The van der Waals surface area contributed by atoms with Crippen molar-refractivity contribution in [3.8, 4) is 5.75 Å². The van der Waals surface area contributed by atoms with Gasteiger partial charge < -0.3 is 9.84 Å². The third-order valence-corrected chi connectivity index (χ3v) is 7.70. The highest BCUT2D eigenvalue weighted by Gasteiger charge is 2.37. The van der Waals surface area contributed by atoms with Crippen LogP contribution < -0.4 is 15.0 Å². The first kappa shape index (κ1) is 27.0. The lowest BCUT2D eigenvalue weighted by molar-refractivity contribution is -0.122. The first-order valence-corrected chi connectivity index (χ1v) is 13.3. The number of nitrogens with one attached hydrogen (secondary N) is 1. The number of imide groups is 2. The maximum absolute atomic E-state index is 13.2. The fraction of sp³-hybridized carbons (Fsp3) is 0.0769. The Morgan fingerprint density at radius 2 is 1.76 bits per heavy atom. The monoisotopic (exact) mass is 738 g/mol. The van der Waals surface area contributed by atoms with Crippen molar-refractivity contribution in [2.24, 2.45) is 0 Å². The number of anilines is 1. The zero-order valence-corrected chi connectivity index (χ0v) is 24.4. The van der Waals surface area contributed by atoms with Crippen molar-refractivity contribution in [1.82, 2.24) is 5.32 Å². The van der Waals surface area contributed by atoms with Crippen LogP contribution in [-0.2, 0) is 16.2 Å². The van der Waals surface area contributed by atoms with E-state index in [0.29, 0.717) is 25.0 Å². The number of carboxylic acids is 1. The molecule has 1 heterocycles. The fourth-order valence-corrected chi connectivity index (χ4v) is 5.54. The van der Waals surface area contributed by atoms with Crippen molar-refractivity contribution in [1.29, 1.82) is 0 Å². The number of hydrogen-bond acceptors (Lipinski definition) is 5. The normalized spacial score (nSPS) is 14.6. The van der Waals surface area contributed by atoms with Gasteiger partial charge in [0.05, 0.1) is 19.3 Å². The van der Waals surface area contributed by atoms with Crippen molar-refractivity contribution in [3.63, 3.8) is 0 Å². The number of halogens is 3. The highest BCUT2D eigenvalue weighted by Crippen LogP contribution is 2.34. The number of carbonyl (C=O) groups is 4. The standard InChI is InChI=1S/C26H17Br2IN2O6/c1-13-8-17(6-7-19(13)27)31-24(33)18(23(32)30-26(31)36)9-15-10-20(28)22(21(29)11-15)37-12-14-2-4-16(5-3-14)25(34)35/h2-11H,12H2,1H3,(H,34,35)(H,30,32,36)/b18-9+. The van der Waals surface area contributed by atoms with Crippen LogP contribution in [0, 0.1) is 10.5 Å². The summed E-state index contributed by atoms with van der Waals surface area (Å²) in [5.41, 5.74) is 2.51. The third-order valence-electron chi connectivity index (χ3n) is 5.42. The third kappa shape index (κ3) is 5.94. The molecule has 0 unspecified atom stereocenters. The van der Waals surface area contributed by atoms with Crippen molar-refractivity contribution in [3.05, 3.63) is 94.9 Å². The zero-order chi connectivity index (χ0) is 26.9. The Labute approximate surface area is 242 Å². The number of carbonyl (C=O) groups excluding carboxylic acids is 3. The van der Waals surface area contributed by atoms with E-state index < -0.39 is 23.8 Å². The summed E-state index contributed by atoms with van der Waals surface area (Å²) in [5, 5.41) is 11.3. The number of aryl methyl sites for hydroxylation is 1. The van der Waals surface area contributed by atoms with Crippen LogP contribution >= 0.6 is 54.5 Å². The number of aromatic carboxylic acids is 1. The Kier molecular flexibility index (Phi) is 8.14. The van der Waals surface area contributed by atoms with Crippen molar-refractivity contribution in [2.45, 2.75) is 13.5 Å². The smallest absolute Gasteiger partial charge is 0.335 e. The summed E-state index contributed by atoms with van der Waals surface area (Å²) >= 11 is 8.95. The molecule has 1 aliphatic heterocycles. The van der Waals surface area contributed by atoms with Gasteiger partial charge >= 0.3 is 12.0 Å². The van der Waals surface area contributed by atoms with Gasteiger partial charge in [0.1, 0.15) is 17.9 Å². The van der Waals surface area contributed by atoms with E-state index in [-0.39, 0.29) is 17.7 Å². The predicted octanol–water partition coefficient (Wildman–Crippen LogP) is 6.07. The number of amides is 4. The molecule has 0 bridgehead atoms. The second-order valence-electron chi connectivity index (χ2n) is 8.00. The van der Waals surface area contributed by atoms with E-state index in [0.717, 1.165) is 20.5 Å². The minimum Gasteiger partial charge on any atom is -0.487 e. The van der Waals surface area contributed by atoms with Crippen molar-refractivity contribution >= 4 is 90.0 Å². The van der Waals surface area contributed by atoms with Gasteiger partial charge in [-0.15, -0.1) is 0 Å². The number of urea groups is 1. The predicted molar refractivity (Wildman–Crippen MR) is 152 cm³/mol. The minimum atomic E-state index is -1.00. The molecule has 0 spiro atoms. The van der Waals surface area contributed by atoms with Gasteiger partial charge in [-0.25, -0.2) is 14.5 Å². The van der Waals surface area contributed by atoms with E-state index in [1.165, 1.54) is 18.2 Å². The quantitative estimate of drug-likeness (QED) is 0.181. The maximum Gasteiger partial charge on any atom is 0.335 e. The summed E-state index contributed by atoms with van der Waals surface area (Å²) in [5.74, 6) is -1.96. The van der Waals surface area contributed by atoms with Crippen molar-refractivity contribution < 1.29 is 29.0 Å². The maximum atomic E-state index is 13.2. The zero-order valence-electron chi connectivity index (χ0n) is 19.1. The van der Waals surface area contributed by atoms with E-state index in [9.17, 15) is 19.2 Å². The van der Waals surface area contributed by atoms with Gasteiger partial charge in [-0.1, -0.05) is 28.1 Å². The fourth-order valence-electron chi connectivity index (χ4n) is 3.53. The van der Waals surface area contributed by atoms with Gasteiger partial charge in [0.15, 0.2) is 0 Å². The molecule has 11 heteroatoms. The molecule has 1 saturated heterocycles. The van der Waals surface area contributed by atoms with Gasteiger partial charge in [-0.3, -0.25) is 14.9 Å². The van der Waals surface area contributed by atoms with Crippen LogP contribution in [0.4, 0.5) is 10.5 Å². The molecular formula is C26H17Br2IN2O6. The van der Waals surface area contributed by atoms with Gasteiger partial charge in [0.25, 0.3) is 11.8 Å². The molecular weight excluding hydrogens is 723 g/mol. The molecule has 8 nitrogen and oxygen atoms in total. The number of barbiturate groups is 1. The molecule has 3 aromatic carbocycles. The molecule has 0 aromatic heterocycles. The summed E-state index contributed by atoms with van der Waals surface area (Å²) in [6, 6.07) is 14.0. The molecule has 0 saturated carbocycles. The summed E-state index contributed by atoms with van der Waals surface area (Å²) in [4.78, 5) is 50.2. The van der Waals surface area contributed by atoms with E-state index in [2.05, 4.69) is 59.8 Å². The van der Waals surface area contributed by atoms with Crippen LogP contribution in [0.2, 0.25) is 0 Å². The van der Waals surface area contributed by atoms with Crippen LogP contribution in [0.15, 0.2) is 69.1 Å². The second kappa shape index (κ2) is 11.2. The van der Waals surface area contributed by atoms with Crippen LogP contribution in [0.5, 0.6) is 5.75 Å². The van der Waals surface area contributed by atoms with E-state index in [4.69, 9.17) is 9.84 Å². The summed E-state index contributed by atoms with van der Waals surface area (Å²) in [6.45, 7) is 2.04. The summed E-state index contributed by atoms with van der Waals surface area (Å²) < 4.78 is 8.05. The molecule has 1 aliphatic rings. The average molecular weight is 740 g/mol. The van der Waals surface area contributed by atoms with E-state index in [1.807, 2.05) is 6.92 Å². The first-order chi connectivity index (χ1) is 17.5. The van der Waals surface area contributed by atoms with Crippen LogP contribution in [0.3, 0.4) is 0 Å². The van der Waals surface area contributed by atoms with E-state index >= 15 is 0 Å². The molecule has 0 radical (unpaired) electrons. The highest BCUT2D eigenvalue weighted by molar-refractivity contribution is 14.1. The number of benzene rings is 3. The van der Waals surface area contributed by atoms with Gasteiger partial charge in [0, 0.05) is 4.47 Å². The SMILES string of the molecule is Cc1cc(N2C(=O)NC(=O)/C(=C\c3cc(Br)c(OCc4ccc(C(=O)O)cc4)c(I)c3)C2=O)ccc1Br. The molecule has 2 N–H and O–H groups in total. The number of nitrogens with zero attached hydrogens (tertiary/aromatic N) is 1. The Morgan fingerprint density at radius 3 is 2.38 bits per heavy atom. The average Bonchev–Trinajstić information content (AvgIpc) is 2.83. The number of carboxylic acid groups (broad SMARTS) is 1. The minimum absolute atomic E-state index is 0.185. The van der Waals surface area contributed by atoms with Crippen LogP contribution in [0.25, 0.3) is 6.08 Å². The molecule has 0 aliphatic carbocycles. The topological polar surface area (TPSA) is 113 Å². The van der Waals surface area contributed by atoms with Gasteiger partial charge in [-0.05, 0) is 111 Å². The molecule has 3 aromatic rings. The lowest BCUT2D eigenvalue weighted by Crippen LogP contribution is -2.54. The molecule has 188 valence electrons. The molecule has 0 atom stereocenters. The van der Waals surface area contributed by atoms with Crippen molar-refractivity contribution in [2.75, 3.05) is 4.90 Å². The Bertz CT molecular complexity index is 1460. The Balaban J connectivity index is 1.58. The molecule has 1 fully saturated rings. The lowest BCUT2D eigenvalue weighted by atomic mass is 10.1. The largest absolute Gasteiger partial charge is 0.487 e. The van der Waals surface area contributed by atoms with Gasteiger partial charge in [-0.2, -0.15) is 0 Å². The summed E-state index contributed by atoms with van der Waals surface area (Å²) in [7, 11) is 0. The molecule has 4 rings (SSSR count). The Hall–Kier alpha value is -3.03. The summed E-state index contributed by atoms with van der Waals surface area (Å²) in [6.07, 6.45) is 1.42. The lowest BCUT2D eigenvalue weighted by Gasteiger charge is -2.26. The molecule has 4 amide bonds. The second-order valence-corrected chi connectivity index (χ2v) is 10.9. The first-order valence-electron chi connectivity index (χ1n) is 10.7.